The SMILES string of the molecule is COc1ccc(Br)cc1C1C(=O)C=CC1=O.COc1ccc(Br)cc1C1CC=CC1O. The fourth-order valence-electron chi connectivity index (χ4n) is 3.68. The molecule has 2 aromatic carbocycles. The van der Waals surface area contributed by atoms with Gasteiger partial charge in [-0.3, -0.25) is 9.59 Å². The van der Waals surface area contributed by atoms with E-state index in [1.54, 1.807) is 25.3 Å². The summed E-state index contributed by atoms with van der Waals surface area (Å²) in [5, 5.41) is 9.80. The van der Waals surface area contributed by atoms with Gasteiger partial charge in [0.05, 0.1) is 20.3 Å². The van der Waals surface area contributed by atoms with Gasteiger partial charge in [0.15, 0.2) is 11.6 Å². The molecule has 0 bridgehead atoms. The lowest BCUT2D eigenvalue weighted by Gasteiger charge is -2.18. The third kappa shape index (κ3) is 5.34. The number of carbonyl (C=O) groups excluding carboxylic acids is 2. The summed E-state index contributed by atoms with van der Waals surface area (Å²) in [5.41, 5.74) is 1.67. The highest BCUT2D eigenvalue weighted by atomic mass is 79.9. The van der Waals surface area contributed by atoms with E-state index in [4.69, 9.17) is 9.47 Å². The number of ether oxygens (including phenoxy) is 2. The van der Waals surface area contributed by atoms with Crippen LogP contribution >= 0.6 is 31.9 Å². The topological polar surface area (TPSA) is 72.8 Å². The van der Waals surface area contributed by atoms with Crippen molar-refractivity contribution < 1.29 is 24.2 Å². The summed E-state index contributed by atoms with van der Waals surface area (Å²) in [6.45, 7) is 0. The summed E-state index contributed by atoms with van der Waals surface area (Å²) in [6, 6.07) is 11.2. The Labute approximate surface area is 198 Å². The maximum atomic E-state index is 11.6. The number of aliphatic hydroxyl groups excluding tert-OH is 1. The van der Waals surface area contributed by atoms with Crippen molar-refractivity contribution in [3.05, 3.63) is 80.8 Å². The van der Waals surface area contributed by atoms with Gasteiger partial charge in [0.2, 0.25) is 0 Å². The molecule has 2 aromatic rings. The zero-order valence-electron chi connectivity index (χ0n) is 17.0. The molecule has 2 unspecified atom stereocenters. The molecule has 0 spiro atoms. The molecule has 0 heterocycles. The van der Waals surface area contributed by atoms with Crippen LogP contribution in [0.15, 0.2) is 69.6 Å². The predicted octanol–water partition coefficient (Wildman–Crippen LogP) is 5.11. The summed E-state index contributed by atoms with van der Waals surface area (Å²) in [5.74, 6) is 0.386. The average Bonchev–Trinajstić information content (AvgIpc) is 3.33. The normalized spacial score (nSPS) is 20.0. The number of benzene rings is 2. The Morgan fingerprint density at radius 1 is 0.871 bits per heavy atom. The van der Waals surface area contributed by atoms with Crippen LogP contribution in [0, 0.1) is 0 Å². The smallest absolute Gasteiger partial charge is 0.171 e. The molecule has 0 amide bonds. The Bertz CT molecular complexity index is 1030. The summed E-state index contributed by atoms with van der Waals surface area (Å²) < 4.78 is 12.3. The van der Waals surface area contributed by atoms with E-state index in [-0.39, 0.29) is 17.5 Å². The van der Waals surface area contributed by atoms with Crippen molar-refractivity contribution >= 4 is 43.4 Å². The number of ketones is 2. The number of hydrogen-bond acceptors (Lipinski definition) is 5. The van der Waals surface area contributed by atoms with Gasteiger partial charge in [0, 0.05) is 26.0 Å². The third-order valence-corrected chi connectivity index (χ3v) is 6.20. The van der Waals surface area contributed by atoms with Crippen LogP contribution in [0.1, 0.15) is 29.4 Å². The first-order chi connectivity index (χ1) is 14.8. The first-order valence-electron chi connectivity index (χ1n) is 9.63. The Morgan fingerprint density at radius 3 is 1.87 bits per heavy atom. The minimum Gasteiger partial charge on any atom is -0.496 e. The van der Waals surface area contributed by atoms with Crippen LogP contribution < -0.4 is 9.47 Å². The highest BCUT2D eigenvalue weighted by Crippen LogP contribution is 2.37. The first-order valence-corrected chi connectivity index (χ1v) is 11.2. The number of methoxy groups -OCH3 is 2. The van der Waals surface area contributed by atoms with Crippen LogP contribution in [-0.4, -0.2) is 37.0 Å². The molecule has 4 rings (SSSR count). The van der Waals surface area contributed by atoms with E-state index in [0.717, 1.165) is 26.7 Å². The molecule has 0 saturated carbocycles. The van der Waals surface area contributed by atoms with Gasteiger partial charge in [-0.25, -0.2) is 0 Å². The molecular weight excluding hydrogens is 528 g/mol. The number of halogens is 2. The van der Waals surface area contributed by atoms with Crippen molar-refractivity contribution in [1.82, 2.24) is 0 Å². The maximum absolute atomic E-state index is 11.6. The van der Waals surface area contributed by atoms with Crippen molar-refractivity contribution in [3.63, 3.8) is 0 Å². The monoisotopic (exact) mass is 548 g/mol. The number of hydrogen-bond donors (Lipinski definition) is 1. The van der Waals surface area contributed by atoms with Crippen molar-refractivity contribution in [3.8, 4) is 11.5 Å². The summed E-state index contributed by atoms with van der Waals surface area (Å²) in [7, 11) is 3.17. The quantitative estimate of drug-likeness (QED) is 0.424. The van der Waals surface area contributed by atoms with E-state index in [9.17, 15) is 14.7 Å². The molecule has 0 fully saturated rings. The van der Waals surface area contributed by atoms with Gasteiger partial charge < -0.3 is 14.6 Å². The Kier molecular flexibility index (Phi) is 7.86. The fraction of sp³-hybridized carbons (Fsp3) is 0.250. The summed E-state index contributed by atoms with van der Waals surface area (Å²) >= 11 is 6.75. The van der Waals surface area contributed by atoms with Crippen LogP contribution in [0.25, 0.3) is 0 Å². The van der Waals surface area contributed by atoms with E-state index in [2.05, 4.69) is 31.9 Å². The minimum atomic E-state index is -0.743. The average molecular weight is 550 g/mol. The maximum Gasteiger partial charge on any atom is 0.171 e. The first kappa shape index (κ1) is 23.4. The Morgan fingerprint density at radius 2 is 1.39 bits per heavy atom. The van der Waals surface area contributed by atoms with Gasteiger partial charge in [0.25, 0.3) is 0 Å². The lowest BCUT2D eigenvalue weighted by molar-refractivity contribution is -0.122. The van der Waals surface area contributed by atoms with Gasteiger partial charge in [-0.15, -0.1) is 0 Å². The number of rotatable bonds is 4. The van der Waals surface area contributed by atoms with Crippen molar-refractivity contribution in [2.75, 3.05) is 14.2 Å². The van der Waals surface area contributed by atoms with Crippen LogP contribution in [0.5, 0.6) is 11.5 Å². The lowest BCUT2D eigenvalue weighted by atomic mass is 9.94. The second-order valence-electron chi connectivity index (χ2n) is 7.10. The zero-order valence-corrected chi connectivity index (χ0v) is 20.2. The van der Waals surface area contributed by atoms with E-state index in [1.807, 2.05) is 30.4 Å². The molecule has 2 aliphatic rings. The van der Waals surface area contributed by atoms with Crippen molar-refractivity contribution in [2.45, 2.75) is 24.4 Å². The molecule has 31 heavy (non-hydrogen) atoms. The molecule has 7 heteroatoms. The van der Waals surface area contributed by atoms with Gasteiger partial charge in [-0.1, -0.05) is 44.0 Å². The van der Waals surface area contributed by atoms with E-state index >= 15 is 0 Å². The molecule has 2 aliphatic carbocycles. The van der Waals surface area contributed by atoms with Crippen molar-refractivity contribution in [1.29, 1.82) is 0 Å². The largest absolute Gasteiger partial charge is 0.496 e. The van der Waals surface area contributed by atoms with Gasteiger partial charge in [-0.05, 0) is 55.0 Å². The third-order valence-electron chi connectivity index (χ3n) is 5.21. The molecule has 5 nitrogen and oxygen atoms in total. The molecule has 2 atom stereocenters. The zero-order chi connectivity index (χ0) is 22.5. The molecule has 162 valence electrons. The second kappa shape index (κ2) is 10.4. The van der Waals surface area contributed by atoms with Crippen molar-refractivity contribution in [2.24, 2.45) is 0 Å². The second-order valence-corrected chi connectivity index (χ2v) is 8.94. The highest BCUT2D eigenvalue weighted by molar-refractivity contribution is 9.10. The number of allylic oxidation sites excluding steroid dienone is 3. The molecule has 0 saturated heterocycles. The molecule has 0 radical (unpaired) electrons. The van der Waals surface area contributed by atoms with Crippen LogP contribution in [-0.2, 0) is 9.59 Å². The number of aliphatic hydroxyl groups is 1. The minimum absolute atomic E-state index is 0.123. The molecule has 1 N–H and O–H groups in total. The predicted molar refractivity (Wildman–Crippen MR) is 126 cm³/mol. The van der Waals surface area contributed by atoms with Crippen LogP contribution in [0.2, 0.25) is 0 Å². The summed E-state index contributed by atoms with van der Waals surface area (Å²) in [6.07, 6.45) is 6.95. The molecular formula is C24H22Br2O5. The Hall–Kier alpha value is -2.22. The molecule has 0 aromatic heterocycles. The fourth-order valence-corrected chi connectivity index (χ4v) is 4.44. The van der Waals surface area contributed by atoms with Gasteiger partial charge in [0.1, 0.15) is 17.4 Å². The lowest BCUT2D eigenvalue weighted by Crippen LogP contribution is -2.14. The van der Waals surface area contributed by atoms with E-state index < -0.39 is 12.0 Å². The molecule has 0 aliphatic heterocycles. The standard InChI is InChI=1S/C12H9BrO3.C12H13BrO2/c1-16-11-5-2-7(13)6-8(11)12-9(14)3-4-10(12)15;1-15-12-6-5-8(13)7-10(12)9-3-2-4-11(9)14/h2-6,12H,1H3;2,4-7,9,11,14H,3H2,1H3. The highest BCUT2D eigenvalue weighted by Gasteiger charge is 2.32. The van der Waals surface area contributed by atoms with Gasteiger partial charge in [-0.2, -0.15) is 0 Å². The van der Waals surface area contributed by atoms with Crippen LogP contribution in [0.3, 0.4) is 0 Å². The summed E-state index contributed by atoms with van der Waals surface area (Å²) in [4.78, 5) is 23.2. The van der Waals surface area contributed by atoms with E-state index in [1.165, 1.54) is 19.3 Å². The van der Waals surface area contributed by atoms with E-state index in [0.29, 0.717) is 11.3 Å². The number of carbonyl (C=O) groups is 2. The van der Waals surface area contributed by atoms with Gasteiger partial charge >= 0.3 is 0 Å². The van der Waals surface area contributed by atoms with Crippen LogP contribution in [0.4, 0.5) is 0 Å². The Balaban J connectivity index is 0.000000176.